The monoisotopic (exact) mass is 332 g/mol. The topological polar surface area (TPSA) is 65.3 Å². The molecule has 25 heavy (non-hydrogen) atoms. The fraction of sp³-hybridized carbons (Fsp3) is 0.0500. The van der Waals surface area contributed by atoms with Crippen LogP contribution in [0.25, 0.3) is 12.2 Å². The lowest BCUT2D eigenvalue weighted by Crippen LogP contribution is -1.96. The first-order chi connectivity index (χ1) is 12.2. The molecule has 124 valence electrons. The van der Waals surface area contributed by atoms with Gasteiger partial charge in [0.1, 0.15) is 12.4 Å². The first-order valence-corrected chi connectivity index (χ1v) is 7.76. The molecule has 1 aromatic heterocycles. The van der Waals surface area contributed by atoms with Gasteiger partial charge in [0.25, 0.3) is 5.69 Å². The Morgan fingerprint density at radius 2 is 1.72 bits per heavy atom. The van der Waals surface area contributed by atoms with E-state index in [1.807, 2.05) is 54.6 Å². The maximum atomic E-state index is 10.6. The number of hydrogen-bond acceptors (Lipinski definition) is 4. The van der Waals surface area contributed by atoms with Crippen LogP contribution in [0.15, 0.2) is 72.9 Å². The van der Waals surface area contributed by atoms with E-state index in [2.05, 4.69) is 4.98 Å². The molecule has 0 bridgehead atoms. The van der Waals surface area contributed by atoms with Gasteiger partial charge in [-0.1, -0.05) is 24.3 Å². The van der Waals surface area contributed by atoms with Crippen LogP contribution in [0, 0.1) is 10.1 Å². The Labute approximate surface area is 145 Å². The number of nitrogens with zero attached hydrogens (tertiary/aromatic N) is 2. The Morgan fingerprint density at radius 3 is 2.36 bits per heavy atom. The van der Waals surface area contributed by atoms with Gasteiger partial charge in [0.05, 0.1) is 10.6 Å². The van der Waals surface area contributed by atoms with Crippen molar-refractivity contribution in [3.05, 3.63) is 99.9 Å². The molecule has 1 heterocycles. The fourth-order valence-corrected chi connectivity index (χ4v) is 2.21. The third-order valence-corrected chi connectivity index (χ3v) is 3.57. The molecule has 5 heteroatoms. The van der Waals surface area contributed by atoms with Crippen LogP contribution in [0.5, 0.6) is 5.75 Å². The lowest BCUT2D eigenvalue weighted by molar-refractivity contribution is -0.384. The van der Waals surface area contributed by atoms with Gasteiger partial charge in [0.15, 0.2) is 0 Å². The first kappa shape index (κ1) is 16.4. The quantitative estimate of drug-likeness (QED) is 0.483. The molecule has 0 unspecified atom stereocenters. The summed E-state index contributed by atoms with van der Waals surface area (Å²) in [5, 5.41) is 10.6. The highest BCUT2D eigenvalue weighted by Crippen LogP contribution is 2.17. The second-order valence-electron chi connectivity index (χ2n) is 5.37. The van der Waals surface area contributed by atoms with Gasteiger partial charge in [-0.2, -0.15) is 0 Å². The number of non-ortho nitro benzene ring substituents is 1. The van der Waals surface area contributed by atoms with Crippen LogP contribution in [-0.4, -0.2) is 9.91 Å². The number of hydrogen-bond donors (Lipinski definition) is 0. The van der Waals surface area contributed by atoms with Crippen molar-refractivity contribution in [3.63, 3.8) is 0 Å². The van der Waals surface area contributed by atoms with Crippen LogP contribution in [0.4, 0.5) is 5.69 Å². The number of rotatable bonds is 6. The third kappa shape index (κ3) is 4.75. The van der Waals surface area contributed by atoms with E-state index < -0.39 is 4.92 Å². The minimum atomic E-state index is -0.415. The van der Waals surface area contributed by atoms with Gasteiger partial charge >= 0.3 is 0 Å². The van der Waals surface area contributed by atoms with Gasteiger partial charge in [-0.05, 0) is 53.6 Å². The number of nitro groups is 1. The molecule has 0 spiro atoms. The van der Waals surface area contributed by atoms with Gasteiger partial charge in [0, 0.05) is 18.3 Å². The maximum Gasteiger partial charge on any atom is 0.269 e. The summed E-state index contributed by atoms with van der Waals surface area (Å²) in [4.78, 5) is 14.5. The largest absolute Gasteiger partial charge is 0.489 e. The minimum absolute atomic E-state index is 0.0767. The molecule has 2 aromatic carbocycles. The lowest BCUT2D eigenvalue weighted by Gasteiger charge is -2.06. The smallest absolute Gasteiger partial charge is 0.269 e. The molecule has 0 aliphatic carbocycles. The Kier molecular flexibility index (Phi) is 5.16. The standard InChI is InChI=1S/C20H16N2O3/c23-22(24)19-10-5-17(6-11-19)15-25-20-12-7-16(8-13-20)4-9-18-3-1-2-14-21-18/h1-14H,15H2. The van der Waals surface area contributed by atoms with Crippen LogP contribution in [-0.2, 0) is 6.61 Å². The zero-order valence-corrected chi connectivity index (χ0v) is 13.4. The summed E-state index contributed by atoms with van der Waals surface area (Å²) in [5.74, 6) is 0.744. The number of ether oxygens (including phenoxy) is 1. The highest BCUT2D eigenvalue weighted by atomic mass is 16.6. The zero-order valence-electron chi connectivity index (χ0n) is 13.4. The van der Waals surface area contributed by atoms with Crippen molar-refractivity contribution in [2.24, 2.45) is 0 Å². The van der Waals surface area contributed by atoms with Gasteiger partial charge in [-0.3, -0.25) is 15.1 Å². The third-order valence-electron chi connectivity index (χ3n) is 3.57. The molecular formula is C20H16N2O3. The molecular weight excluding hydrogens is 316 g/mol. The Morgan fingerprint density at radius 1 is 0.960 bits per heavy atom. The van der Waals surface area contributed by atoms with E-state index in [1.165, 1.54) is 12.1 Å². The van der Waals surface area contributed by atoms with Crippen molar-refractivity contribution < 1.29 is 9.66 Å². The second-order valence-corrected chi connectivity index (χ2v) is 5.37. The zero-order chi connectivity index (χ0) is 17.5. The molecule has 0 N–H and O–H groups in total. The van der Waals surface area contributed by atoms with E-state index in [-0.39, 0.29) is 5.69 Å². The van der Waals surface area contributed by atoms with Crippen molar-refractivity contribution in [2.75, 3.05) is 0 Å². The molecule has 0 aliphatic rings. The van der Waals surface area contributed by atoms with Crippen molar-refractivity contribution in [2.45, 2.75) is 6.61 Å². The summed E-state index contributed by atoms with van der Waals surface area (Å²) in [5.41, 5.74) is 2.91. The molecule has 0 saturated heterocycles. The van der Waals surface area contributed by atoms with E-state index in [4.69, 9.17) is 4.74 Å². The Balaban J connectivity index is 1.57. The van der Waals surface area contributed by atoms with Crippen LogP contribution < -0.4 is 4.74 Å². The van der Waals surface area contributed by atoms with Crippen molar-refractivity contribution in [1.82, 2.24) is 4.98 Å². The maximum absolute atomic E-state index is 10.6. The molecule has 0 fully saturated rings. The van der Waals surface area contributed by atoms with E-state index in [0.717, 1.165) is 22.6 Å². The van der Waals surface area contributed by atoms with Gasteiger partial charge < -0.3 is 4.74 Å². The number of benzene rings is 2. The molecule has 0 radical (unpaired) electrons. The summed E-state index contributed by atoms with van der Waals surface area (Å²) in [6.45, 7) is 0.362. The summed E-state index contributed by atoms with van der Waals surface area (Å²) in [6, 6.07) is 19.8. The minimum Gasteiger partial charge on any atom is -0.489 e. The summed E-state index contributed by atoms with van der Waals surface area (Å²) in [6.07, 6.45) is 5.70. The Hall–Kier alpha value is -3.47. The average molecular weight is 332 g/mol. The van der Waals surface area contributed by atoms with E-state index in [9.17, 15) is 10.1 Å². The molecule has 0 amide bonds. The normalized spacial score (nSPS) is 10.7. The van der Waals surface area contributed by atoms with Crippen molar-refractivity contribution in [1.29, 1.82) is 0 Å². The van der Waals surface area contributed by atoms with Crippen molar-refractivity contribution >= 4 is 17.8 Å². The molecule has 0 atom stereocenters. The Bertz CT molecular complexity index is 858. The summed E-state index contributed by atoms with van der Waals surface area (Å²) >= 11 is 0. The van der Waals surface area contributed by atoms with Gasteiger partial charge in [-0.25, -0.2) is 0 Å². The number of pyridine rings is 1. The van der Waals surface area contributed by atoms with Crippen LogP contribution in [0.1, 0.15) is 16.8 Å². The SMILES string of the molecule is O=[N+]([O-])c1ccc(COc2ccc(C=Cc3ccccn3)cc2)cc1. The molecule has 3 rings (SSSR count). The first-order valence-electron chi connectivity index (χ1n) is 7.76. The number of nitro benzene ring substituents is 1. The van der Waals surface area contributed by atoms with Gasteiger partial charge in [0.2, 0.25) is 0 Å². The van der Waals surface area contributed by atoms with E-state index in [0.29, 0.717) is 6.61 Å². The van der Waals surface area contributed by atoms with Crippen LogP contribution >= 0.6 is 0 Å². The molecule has 3 aromatic rings. The predicted molar refractivity (Wildman–Crippen MR) is 97.0 cm³/mol. The lowest BCUT2D eigenvalue weighted by atomic mass is 10.2. The average Bonchev–Trinajstić information content (AvgIpc) is 2.67. The van der Waals surface area contributed by atoms with Crippen molar-refractivity contribution in [3.8, 4) is 5.75 Å². The molecule has 0 saturated carbocycles. The number of aromatic nitrogens is 1. The second kappa shape index (κ2) is 7.88. The summed E-state index contributed by atoms with van der Waals surface area (Å²) < 4.78 is 5.70. The highest BCUT2D eigenvalue weighted by Gasteiger charge is 2.04. The summed E-state index contributed by atoms with van der Waals surface area (Å²) in [7, 11) is 0. The van der Waals surface area contributed by atoms with Crippen LogP contribution in [0.3, 0.4) is 0 Å². The van der Waals surface area contributed by atoms with E-state index in [1.54, 1.807) is 18.3 Å². The van der Waals surface area contributed by atoms with E-state index >= 15 is 0 Å². The molecule has 0 aliphatic heterocycles. The molecule has 5 nitrogen and oxygen atoms in total. The van der Waals surface area contributed by atoms with Gasteiger partial charge in [-0.15, -0.1) is 0 Å². The van der Waals surface area contributed by atoms with Crippen LogP contribution in [0.2, 0.25) is 0 Å². The fourth-order valence-electron chi connectivity index (χ4n) is 2.21. The highest BCUT2D eigenvalue weighted by molar-refractivity contribution is 5.68. The predicted octanol–water partition coefficient (Wildman–Crippen LogP) is 4.74.